The van der Waals surface area contributed by atoms with E-state index in [1.807, 2.05) is 12.3 Å². The predicted molar refractivity (Wildman–Crippen MR) is 130 cm³/mol. The maximum Gasteiger partial charge on any atom is 0.177 e. The van der Waals surface area contributed by atoms with E-state index in [0.29, 0.717) is 43.9 Å². The summed E-state index contributed by atoms with van der Waals surface area (Å²) >= 11 is 23.4. The van der Waals surface area contributed by atoms with E-state index in [4.69, 9.17) is 47.0 Å². The van der Waals surface area contributed by atoms with Crippen molar-refractivity contribution in [1.29, 1.82) is 0 Å². The molecule has 4 rings (SSSR count). The molecule has 2 aromatic heterocycles. The van der Waals surface area contributed by atoms with E-state index < -0.39 is 0 Å². The van der Waals surface area contributed by atoms with Crippen LogP contribution >= 0.6 is 47.0 Å². The molecule has 2 heterocycles. The maximum absolute atomic E-state index is 14.0. The Morgan fingerprint density at radius 2 is 1.50 bits per heavy atom. The summed E-state index contributed by atoms with van der Waals surface area (Å²) in [7, 11) is 0. The lowest BCUT2D eigenvalue weighted by Crippen LogP contribution is -2.20. The van der Waals surface area contributed by atoms with Crippen LogP contribution in [-0.4, -0.2) is 24.7 Å². The molecule has 0 saturated heterocycles. The third kappa shape index (κ3) is 5.58. The summed E-state index contributed by atoms with van der Waals surface area (Å²) in [6, 6.07) is 13.5. The summed E-state index contributed by atoms with van der Waals surface area (Å²) in [6.45, 7) is 0.730. The minimum Gasteiger partial charge on any atom is -0.316 e. The lowest BCUT2D eigenvalue weighted by molar-refractivity contribution is 0.586. The van der Waals surface area contributed by atoms with Gasteiger partial charge in [0.05, 0.1) is 23.1 Å². The molecule has 2 N–H and O–H groups in total. The number of thiocarbonyl (C=S) groups is 1. The smallest absolute Gasteiger partial charge is 0.177 e. The maximum atomic E-state index is 14.0. The lowest BCUT2D eigenvalue weighted by atomic mass is 10.2. The van der Waals surface area contributed by atoms with Crippen LogP contribution in [0.5, 0.6) is 0 Å². The van der Waals surface area contributed by atoms with E-state index in [1.54, 1.807) is 52.0 Å². The van der Waals surface area contributed by atoms with E-state index in [-0.39, 0.29) is 12.4 Å². The number of hydrogen-bond donors (Lipinski definition) is 2. The Balaban J connectivity index is 1.34. The molecule has 0 aliphatic rings. The Hall–Kier alpha value is -2.65. The quantitative estimate of drug-likeness (QED) is 0.308. The molecule has 4 aromatic rings. The SMILES string of the molecule is Fc1cccc(Cl)c1Cn1ccc(NC(=S)Nc2ccn(Cc3ccc(Cl)c(Cl)c3)n2)n1. The molecule has 0 atom stereocenters. The molecular weight excluding hydrogens is 494 g/mol. The van der Waals surface area contributed by atoms with Gasteiger partial charge in [0.1, 0.15) is 5.82 Å². The highest BCUT2D eigenvalue weighted by molar-refractivity contribution is 7.80. The van der Waals surface area contributed by atoms with E-state index in [1.165, 1.54) is 6.07 Å². The van der Waals surface area contributed by atoms with Gasteiger partial charge in [0.15, 0.2) is 16.7 Å². The summed E-state index contributed by atoms with van der Waals surface area (Å²) in [4.78, 5) is 0. The van der Waals surface area contributed by atoms with E-state index in [9.17, 15) is 4.39 Å². The molecular formula is C21H16Cl3FN6S. The zero-order valence-corrected chi connectivity index (χ0v) is 19.5. The molecule has 0 saturated carbocycles. The molecule has 11 heteroatoms. The third-order valence-corrected chi connectivity index (χ3v) is 5.77. The van der Waals surface area contributed by atoms with Gasteiger partial charge >= 0.3 is 0 Å². The van der Waals surface area contributed by atoms with Gasteiger partial charge in [-0.05, 0) is 42.0 Å². The van der Waals surface area contributed by atoms with Crippen molar-refractivity contribution in [3.05, 3.63) is 92.9 Å². The molecule has 0 aliphatic carbocycles. The van der Waals surface area contributed by atoms with Crippen molar-refractivity contribution in [3.63, 3.8) is 0 Å². The Labute approximate surface area is 203 Å². The van der Waals surface area contributed by atoms with Crippen molar-refractivity contribution in [2.24, 2.45) is 0 Å². The van der Waals surface area contributed by atoms with Gasteiger partial charge in [0.25, 0.3) is 0 Å². The minimum absolute atomic E-state index is 0.201. The van der Waals surface area contributed by atoms with Crippen molar-refractivity contribution in [3.8, 4) is 0 Å². The van der Waals surface area contributed by atoms with Gasteiger partial charge in [-0.2, -0.15) is 10.2 Å². The van der Waals surface area contributed by atoms with Crippen molar-refractivity contribution in [1.82, 2.24) is 19.6 Å². The molecule has 0 unspecified atom stereocenters. The van der Waals surface area contributed by atoms with E-state index in [2.05, 4.69) is 20.8 Å². The molecule has 0 aliphatic heterocycles. The van der Waals surface area contributed by atoms with Crippen LogP contribution in [0.4, 0.5) is 16.0 Å². The standard InChI is InChI=1S/C21H16Cl3FN6S/c22-15-2-1-3-18(25)14(15)12-31-9-7-20(29-31)27-21(32)26-19-6-8-30(28-19)11-13-4-5-16(23)17(24)10-13/h1-10H,11-12H2,(H2,26,27,28,29,32). The summed E-state index contributed by atoms with van der Waals surface area (Å²) in [5.41, 5.74) is 1.34. The van der Waals surface area contributed by atoms with Crippen LogP contribution in [0.1, 0.15) is 11.1 Å². The van der Waals surface area contributed by atoms with Crippen molar-refractivity contribution in [2.75, 3.05) is 10.6 Å². The van der Waals surface area contributed by atoms with Gasteiger partial charge in [0.2, 0.25) is 0 Å². The summed E-state index contributed by atoms with van der Waals surface area (Å²) in [5.74, 6) is 0.696. The second-order valence-electron chi connectivity index (χ2n) is 6.82. The van der Waals surface area contributed by atoms with Gasteiger partial charge in [-0.3, -0.25) is 9.36 Å². The fourth-order valence-electron chi connectivity index (χ4n) is 2.97. The fraction of sp³-hybridized carbons (Fsp3) is 0.0952. The largest absolute Gasteiger partial charge is 0.316 e. The number of halogens is 4. The fourth-order valence-corrected chi connectivity index (χ4v) is 3.72. The number of rotatable bonds is 6. The van der Waals surface area contributed by atoms with Crippen LogP contribution in [0.15, 0.2) is 60.9 Å². The second kappa shape index (κ2) is 9.87. The van der Waals surface area contributed by atoms with Crippen molar-refractivity contribution < 1.29 is 4.39 Å². The van der Waals surface area contributed by atoms with E-state index in [0.717, 1.165) is 5.56 Å². The molecule has 32 heavy (non-hydrogen) atoms. The number of anilines is 2. The summed E-state index contributed by atoms with van der Waals surface area (Å²) in [5, 5.41) is 16.4. The number of hydrogen-bond acceptors (Lipinski definition) is 3. The van der Waals surface area contributed by atoms with Crippen molar-refractivity contribution >= 4 is 63.8 Å². The number of nitrogens with one attached hydrogen (secondary N) is 2. The third-order valence-electron chi connectivity index (χ3n) is 4.47. The lowest BCUT2D eigenvalue weighted by Gasteiger charge is -2.07. The highest BCUT2D eigenvalue weighted by atomic mass is 35.5. The zero-order chi connectivity index (χ0) is 22.7. The first-order valence-electron chi connectivity index (χ1n) is 9.39. The molecule has 0 amide bonds. The molecule has 0 spiro atoms. The molecule has 6 nitrogen and oxygen atoms in total. The topological polar surface area (TPSA) is 59.7 Å². The molecule has 0 bridgehead atoms. The van der Waals surface area contributed by atoms with Gasteiger partial charge in [-0.15, -0.1) is 0 Å². The van der Waals surface area contributed by atoms with E-state index >= 15 is 0 Å². The highest BCUT2D eigenvalue weighted by Crippen LogP contribution is 2.23. The zero-order valence-electron chi connectivity index (χ0n) is 16.4. The minimum atomic E-state index is -0.379. The van der Waals surface area contributed by atoms with Crippen LogP contribution in [-0.2, 0) is 13.1 Å². The molecule has 0 fully saturated rings. The average Bonchev–Trinajstić information content (AvgIpc) is 3.37. The first-order valence-corrected chi connectivity index (χ1v) is 10.9. The first kappa shape index (κ1) is 22.5. The average molecular weight is 510 g/mol. The predicted octanol–water partition coefficient (Wildman–Crippen LogP) is 6.08. The van der Waals surface area contributed by atoms with Crippen LogP contribution in [0.2, 0.25) is 15.1 Å². The first-order chi connectivity index (χ1) is 15.4. The van der Waals surface area contributed by atoms with Gasteiger partial charge in [-0.25, -0.2) is 4.39 Å². The Bertz CT molecular complexity index is 1250. The van der Waals surface area contributed by atoms with Gasteiger partial charge < -0.3 is 10.6 Å². The Morgan fingerprint density at radius 3 is 2.12 bits per heavy atom. The van der Waals surface area contributed by atoms with Crippen LogP contribution < -0.4 is 10.6 Å². The number of aromatic nitrogens is 4. The Morgan fingerprint density at radius 1 is 0.844 bits per heavy atom. The van der Waals surface area contributed by atoms with Crippen LogP contribution in [0.25, 0.3) is 0 Å². The van der Waals surface area contributed by atoms with Gasteiger partial charge in [-0.1, -0.05) is 46.9 Å². The van der Waals surface area contributed by atoms with Crippen LogP contribution in [0.3, 0.4) is 0 Å². The molecule has 164 valence electrons. The second-order valence-corrected chi connectivity index (χ2v) is 8.45. The molecule has 2 aromatic carbocycles. The molecule has 0 radical (unpaired) electrons. The Kier molecular flexibility index (Phi) is 6.95. The summed E-state index contributed by atoms with van der Waals surface area (Å²) < 4.78 is 17.3. The monoisotopic (exact) mass is 508 g/mol. The number of benzene rings is 2. The van der Waals surface area contributed by atoms with Crippen LogP contribution in [0, 0.1) is 5.82 Å². The number of nitrogens with zero attached hydrogens (tertiary/aromatic N) is 4. The van der Waals surface area contributed by atoms with Crippen molar-refractivity contribution in [2.45, 2.75) is 13.1 Å². The van der Waals surface area contributed by atoms with Gasteiger partial charge in [0, 0.05) is 35.1 Å². The highest BCUT2D eigenvalue weighted by Gasteiger charge is 2.10. The summed E-state index contributed by atoms with van der Waals surface area (Å²) in [6.07, 6.45) is 3.53. The normalized spacial score (nSPS) is 10.9.